The van der Waals surface area contributed by atoms with Crippen molar-refractivity contribution < 1.29 is 14.3 Å². The number of alkyl halides is 1. The summed E-state index contributed by atoms with van der Waals surface area (Å²) >= 11 is 3.90. The number of fused-ring (bicyclic) bond motifs is 1. The van der Waals surface area contributed by atoms with Gasteiger partial charge in [-0.05, 0) is 73.4 Å². The lowest BCUT2D eigenvalue weighted by Crippen LogP contribution is -2.68. The first-order chi connectivity index (χ1) is 15.7. The van der Waals surface area contributed by atoms with Crippen molar-refractivity contribution in [1.29, 1.82) is 0 Å². The molecule has 0 unspecified atom stereocenters. The minimum atomic E-state index is -0.577. The zero-order valence-electron chi connectivity index (χ0n) is 19.5. The zero-order chi connectivity index (χ0) is 23.4. The first-order valence-electron chi connectivity index (χ1n) is 11.6. The quantitative estimate of drug-likeness (QED) is 0.314. The summed E-state index contributed by atoms with van der Waals surface area (Å²) in [5, 5.41) is 0. The van der Waals surface area contributed by atoms with Crippen LogP contribution in [-0.2, 0) is 9.53 Å². The SMILES string of the molecule is COc1ccc(N2C(=O)[C@H](O[C@]3(C)C[C@@H]4[C@H](C[C@@H]3Br)C4(C)C)[C@@H]2C#Cc2ccccc2)cc1. The van der Waals surface area contributed by atoms with Crippen LogP contribution in [0.1, 0.15) is 39.2 Å². The summed E-state index contributed by atoms with van der Waals surface area (Å²) < 4.78 is 11.9. The molecule has 2 aromatic carbocycles. The van der Waals surface area contributed by atoms with Crippen LogP contribution in [0.15, 0.2) is 54.6 Å². The van der Waals surface area contributed by atoms with Crippen molar-refractivity contribution in [3.63, 3.8) is 0 Å². The van der Waals surface area contributed by atoms with Crippen LogP contribution in [0.5, 0.6) is 5.75 Å². The number of anilines is 1. The molecule has 5 heteroatoms. The molecule has 3 fully saturated rings. The molecule has 0 N–H and O–H groups in total. The van der Waals surface area contributed by atoms with Crippen molar-refractivity contribution in [3.8, 4) is 17.6 Å². The van der Waals surface area contributed by atoms with Crippen molar-refractivity contribution in [2.75, 3.05) is 12.0 Å². The maximum absolute atomic E-state index is 13.4. The fourth-order valence-electron chi connectivity index (χ4n) is 5.61. The normalized spacial score (nSPS) is 33.9. The van der Waals surface area contributed by atoms with Gasteiger partial charge >= 0.3 is 0 Å². The molecule has 0 radical (unpaired) electrons. The Labute approximate surface area is 204 Å². The predicted molar refractivity (Wildman–Crippen MR) is 134 cm³/mol. The van der Waals surface area contributed by atoms with Crippen molar-refractivity contribution in [2.24, 2.45) is 17.3 Å². The fourth-order valence-corrected chi connectivity index (χ4v) is 6.30. The summed E-state index contributed by atoms with van der Waals surface area (Å²) in [6.45, 7) is 6.85. The number of ether oxygens (including phenoxy) is 2. The van der Waals surface area contributed by atoms with E-state index in [-0.39, 0.29) is 16.8 Å². The Morgan fingerprint density at radius 1 is 1.03 bits per heavy atom. The van der Waals surface area contributed by atoms with Crippen molar-refractivity contribution >= 4 is 27.5 Å². The van der Waals surface area contributed by atoms with Crippen LogP contribution < -0.4 is 9.64 Å². The molecule has 0 aromatic heterocycles. The summed E-state index contributed by atoms with van der Waals surface area (Å²) in [5.41, 5.74) is 1.70. The molecule has 5 rings (SSSR count). The number of benzene rings is 2. The topological polar surface area (TPSA) is 38.8 Å². The molecule has 2 saturated carbocycles. The Morgan fingerprint density at radius 2 is 1.73 bits per heavy atom. The Balaban J connectivity index is 1.42. The van der Waals surface area contributed by atoms with Crippen LogP contribution in [0.25, 0.3) is 0 Å². The van der Waals surface area contributed by atoms with Crippen LogP contribution in [-0.4, -0.2) is 35.6 Å². The van der Waals surface area contributed by atoms with E-state index >= 15 is 0 Å². The minimum Gasteiger partial charge on any atom is -0.497 e. The Hall–Kier alpha value is -2.29. The third-order valence-corrected chi connectivity index (χ3v) is 9.31. The Morgan fingerprint density at radius 3 is 2.39 bits per heavy atom. The minimum absolute atomic E-state index is 0.0364. The monoisotopic (exact) mass is 507 g/mol. The van der Waals surface area contributed by atoms with Gasteiger partial charge in [-0.25, -0.2) is 0 Å². The Bertz CT molecular complexity index is 1100. The number of methoxy groups -OCH3 is 1. The van der Waals surface area contributed by atoms with Crippen LogP contribution in [0.4, 0.5) is 5.69 Å². The van der Waals surface area contributed by atoms with Crippen molar-refractivity contribution in [3.05, 3.63) is 60.2 Å². The summed E-state index contributed by atoms with van der Waals surface area (Å²) in [5.74, 6) is 8.69. The molecule has 2 aliphatic carbocycles. The number of halogens is 1. The van der Waals surface area contributed by atoms with E-state index in [0.717, 1.165) is 35.8 Å². The molecule has 0 spiro atoms. The van der Waals surface area contributed by atoms with Gasteiger partial charge in [0, 0.05) is 16.1 Å². The Kier molecular flexibility index (Phi) is 5.58. The summed E-state index contributed by atoms with van der Waals surface area (Å²) in [7, 11) is 1.63. The van der Waals surface area contributed by atoms with Crippen molar-refractivity contribution in [2.45, 2.75) is 56.2 Å². The molecule has 33 heavy (non-hydrogen) atoms. The maximum Gasteiger partial charge on any atom is 0.260 e. The molecule has 1 saturated heterocycles. The molecule has 3 aliphatic rings. The highest BCUT2D eigenvalue weighted by Crippen LogP contribution is 2.68. The number of hydrogen-bond donors (Lipinski definition) is 0. The van der Waals surface area contributed by atoms with Gasteiger partial charge in [0.1, 0.15) is 11.8 Å². The summed E-state index contributed by atoms with van der Waals surface area (Å²) in [6, 6.07) is 17.1. The highest BCUT2D eigenvalue weighted by Gasteiger charge is 2.65. The highest BCUT2D eigenvalue weighted by molar-refractivity contribution is 9.09. The van der Waals surface area contributed by atoms with Gasteiger partial charge in [-0.1, -0.05) is 59.8 Å². The number of carbonyl (C=O) groups is 1. The van der Waals surface area contributed by atoms with Crippen LogP contribution in [0.3, 0.4) is 0 Å². The largest absolute Gasteiger partial charge is 0.497 e. The van der Waals surface area contributed by atoms with Gasteiger partial charge in [-0.15, -0.1) is 0 Å². The number of hydrogen-bond acceptors (Lipinski definition) is 3. The van der Waals surface area contributed by atoms with E-state index in [9.17, 15) is 4.79 Å². The molecular formula is C28H30BrNO3. The molecule has 6 atom stereocenters. The third-order valence-electron chi connectivity index (χ3n) is 7.97. The lowest BCUT2D eigenvalue weighted by atomic mass is 9.85. The summed E-state index contributed by atoms with van der Waals surface area (Å²) in [6.07, 6.45) is 1.47. The molecule has 2 aromatic rings. The number of carbonyl (C=O) groups excluding carboxylic acids is 1. The molecule has 1 heterocycles. The fraction of sp³-hybridized carbons (Fsp3) is 0.464. The molecule has 1 aliphatic heterocycles. The number of amides is 1. The number of β-lactam (4-membered cyclic amide) rings is 1. The van der Waals surface area contributed by atoms with Crippen LogP contribution in [0, 0.1) is 29.1 Å². The van der Waals surface area contributed by atoms with Gasteiger partial charge in [0.05, 0.1) is 12.7 Å². The molecular weight excluding hydrogens is 478 g/mol. The van der Waals surface area contributed by atoms with Crippen molar-refractivity contribution in [1.82, 2.24) is 0 Å². The second-order valence-electron chi connectivity index (χ2n) is 10.3. The van der Waals surface area contributed by atoms with Gasteiger partial charge in [-0.3, -0.25) is 9.69 Å². The third kappa shape index (κ3) is 3.88. The van der Waals surface area contributed by atoms with E-state index in [2.05, 4.69) is 48.5 Å². The van der Waals surface area contributed by atoms with E-state index < -0.39 is 11.7 Å². The van der Waals surface area contributed by atoms with Crippen LogP contribution in [0.2, 0.25) is 0 Å². The van der Waals surface area contributed by atoms with Gasteiger partial charge in [0.15, 0.2) is 6.10 Å². The first-order valence-corrected chi connectivity index (χ1v) is 12.5. The maximum atomic E-state index is 13.4. The van der Waals surface area contributed by atoms with E-state index in [4.69, 9.17) is 9.47 Å². The zero-order valence-corrected chi connectivity index (χ0v) is 21.1. The molecule has 4 nitrogen and oxygen atoms in total. The molecule has 0 bridgehead atoms. The highest BCUT2D eigenvalue weighted by atomic mass is 79.9. The van der Waals surface area contributed by atoms with E-state index in [0.29, 0.717) is 11.3 Å². The van der Waals surface area contributed by atoms with E-state index in [1.165, 1.54) is 0 Å². The second-order valence-corrected chi connectivity index (χ2v) is 11.4. The van der Waals surface area contributed by atoms with Gasteiger partial charge < -0.3 is 9.47 Å². The first kappa shape index (κ1) is 22.5. The van der Waals surface area contributed by atoms with Gasteiger partial charge in [0.25, 0.3) is 5.91 Å². The van der Waals surface area contributed by atoms with Gasteiger partial charge in [-0.2, -0.15) is 0 Å². The lowest BCUT2D eigenvalue weighted by molar-refractivity contribution is -0.160. The molecule has 1 amide bonds. The number of nitrogens with zero attached hydrogens (tertiary/aromatic N) is 1. The van der Waals surface area contributed by atoms with E-state index in [1.54, 1.807) is 12.0 Å². The average molecular weight is 508 g/mol. The van der Waals surface area contributed by atoms with E-state index in [1.807, 2.05) is 54.6 Å². The second kappa shape index (κ2) is 8.18. The lowest BCUT2D eigenvalue weighted by Gasteiger charge is -2.49. The average Bonchev–Trinajstić information content (AvgIpc) is 3.33. The van der Waals surface area contributed by atoms with Gasteiger partial charge in [0.2, 0.25) is 0 Å². The van der Waals surface area contributed by atoms with Crippen LogP contribution >= 0.6 is 15.9 Å². The smallest absolute Gasteiger partial charge is 0.260 e. The predicted octanol–water partition coefficient (Wildman–Crippen LogP) is 5.44. The summed E-state index contributed by atoms with van der Waals surface area (Å²) in [4.78, 5) is 15.3. The molecule has 172 valence electrons. The number of rotatable bonds is 4. The standard InChI is InChI=1S/C28H30BrNO3/c1-27(2)21-16-24(29)28(3,17-22(21)27)33-25-23(15-10-18-8-6-5-7-9-18)30(26(25)31)19-11-13-20(32-4)14-12-19/h5-9,11-14,21-25H,16-17H2,1-4H3/t21-,22+,23-,24-,25+,28+/m0/s1.